The molecule has 6 heteroatoms. The molecule has 1 aliphatic heterocycles. The van der Waals surface area contributed by atoms with Gasteiger partial charge in [-0.3, -0.25) is 9.89 Å². The number of methoxy groups -OCH3 is 1. The zero-order chi connectivity index (χ0) is 22.3. The average Bonchev–Trinajstić information content (AvgIpc) is 3.16. The highest BCUT2D eigenvalue weighted by atomic mass is 16.5. The highest BCUT2D eigenvalue weighted by Gasteiger charge is 2.39. The predicted molar refractivity (Wildman–Crippen MR) is 122 cm³/mol. The van der Waals surface area contributed by atoms with E-state index >= 15 is 0 Å². The van der Waals surface area contributed by atoms with E-state index < -0.39 is 5.41 Å². The Morgan fingerprint density at radius 2 is 1.87 bits per heavy atom. The smallest absolute Gasteiger partial charge is 0.337 e. The van der Waals surface area contributed by atoms with Gasteiger partial charge in [-0.2, -0.15) is 0 Å². The van der Waals surface area contributed by atoms with E-state index in [0.29, 0.717) is 11.1 Å². The van der Waals surface area contributed by atoms with Crippen LogP contribution >= 0.6 is 0 Å². The first-order valence-corrected chi connectivity index (χ1v) is 10.1. The minimum absolute atomic E-state index is 0.124. The summed E-state index contributed by atoms with van der Waals surface area (Å²) in [6.45, 7) is 6.04. The van der Waals surface area contributed by atoms with Gasteiger partial charge in [-0.05, 0) is 62.7 Å². The van der Waals surface area contributed by atoms with Crippen LogP contribution in [0.1, 0.15) is 41.0 Å². The van der Waals surface area contributed by atoms with Gasteiger partial charge >= 0.3 is 5.97 Å². The summed E-state index contributed by atoms with van der Waals surface area (Å²) in [5.41, 5.74) is 8.40. The van der Waals surface area contributed by atoms with E-state index in [1.54, 1.807) is 12.1 Å². The Morgan fingerprint density at radius 3 is 2.55 bits per heavy atom. The molecule has 0 amide bonds. The summed E-state index contributed by atoms with van der Waals surface area (Å²) in [4.78, 5) is 27.0. The summed E-state index contributed by atoms with van der Waals surface area (Å²) in [5, 5.41) is 3.14. The molecule has 2 heterocycles. The first-order valence-electron chi connectivity index (χ1n) is 10.1. The number of likely N-dealkylation sites (N-methyl/N-ethyl adjacent to an activating group) is 1. The highest BCUT2D eigenvalue weighted by Crippen LogP contribution is 2.46. The molecule has 0 saturated carbocycles. The van der Waals surface area contributed by atoms with Gasteiger partial charge < -0.3 is 9.64 Å². The second kappa shape index (κ2) is 7.49. The molecule has 158 valence electrons. The molecule has 0 atom stereocenters. The lowest BCUT2D eigenvalue weighted by molar-refractivity contribution is 0.0600. The molecule has 0 aliphatic carbocycles. The summed E-state index contributed by atoms with van der Waals surface area (Å²) in [7, 11) is 3.34. The molecule has 1 aromatic heterocycles. The third-order valence-electron chi connectivity index (χ3n) is 5.86. The summed E-state index contributed by atoms with van der Waals surface area (Å²) >= 11 is 0. The van der Waals surface area contributed by atoms with E-state index in [9.17, 15) is 9.59 Å². The summed E-state index contributed by atoms with van der Waals surface area (Å²) in [6.07, 6.45) is 1.74. The normalized spacial score (nSPS) is 14.2. The van der Waals surface area contributed by atoms with Crippen molar-refractivity contribution >= 4 is 17.7 Å². The fourth-order valence-corrected chi connectivity index (χ4v) is 4.15. The van der Waals surface area contributed by atoms with Crippen LogP contribution in [-0.4, -0.2) is 29.9 Å². The highest BCUT2D eigenvalue weighted by molar-refractivity contribution is 5.91. The minimum atomic E-state index is -0.396. The van der Waals surface area contributed by atoms with Crippen LogP contribution in [0.15, 0.2) is 64.8 Å². The number of rotatable bonds is 3. The monoisotopic (exact) mass is 415 g/mol. The number of hydrogen-bond acceptors (Lipinski definition) is 4. The number of anilines is 1. The molecule has 0 saturated heterocycles. The maximum atomic E-state index is 13.0. The number of allylic oxidation sites excluding steroid dienone is 1. The van der Waals surface area contributed by atoms with Gasteiger partial charge in [-0.1, -0.05) is 23.9 Å². The van der Waals surface area contributed by atoms with Crippen LogP contribution in [0.25, 0.3) is 11.8 Å². The van der Waals surface area contributed by atoms with Gasteiger partial charge in [-0.15, -0.1) is 0 Å². The van der Waals surface area contributed by atoms with E-state index in [1.165, 1.54) is 11.8 Å². The molecule has 0 spiro atoms. The molecule has 6 nitrogen and oxygen atoms in total. The summed E-state index contributed by atoms with van der Waals surface area (Å²) < 4.78 is 6.40. The number of carbonyl (C=O) groups is 1. The number of H-pyrrole nitrogens is 1. The molecule has 1 aliphatic rings. The number of hydrogen-bond donors (Lipinski definition) is 1. The predicted octanol–water partition coefficient (Wildman–Crippen LogP) is 4.18. The van der Waals surface area contributed by atoms with Crippen LogP contribution in [0.3, 0.4) is 0 Å². The largest absolute Gasteiger partial charge is 0.465 e. The lowest BCUT2D eigenvalue weighted by Crippen LogP contribution is -2.22. The van der Waals surface area contributed by atoms with E-state index in [2.05, 4.69) is 24.7 Å². The number of benzene rings is 2. The Morgan fingerprint density at radius 1 is 1.16 bits per heavy atom. The second-order valence-electron chi connectivity index (χ2n) is 8.17. The van der Waals surface area contributed by atoms with Crippen LogP contribution in [-0.2, 0) is 10.2 Å². The van der Waals surface area contributed by atoms with Crippen LogP contribution in [0.2, 0.25) is 0 Å². The molecule has 0 unspecified atom stereocenters. The number of para-hydroxylation sites is 1. The van der Waals surface area contributed by atoms with Gasteiger partial charge in [0.25, 0.3) is 5.56 Å². The molecule has 0 bridgehead atoms. The molecule has 3 aromatic rings. The van der Waals surface area contributed by atoms with Crippen molar-refractivity contribution in [3.8, 4) is 5.69 Å². The quantitative estimate of drug-likeness (QED) is 0.515. The van der Waals surface area contributed by atoms with Crippen molar-refractivity contribution in [2.75, 3.05) is 19.1 Å². The van der Waals surface area contributed by atoms with E-state index in [4.69, 9.17) is 4.74 Å². The maximum Gasteiger partial charge on any atom is 0.337 e. The van der Waals surface area contributed by atoms with E-state index in [0.717, 1.165) is 28.3 Å². The molecule has 0 radical (unpaired) electrons. The molecule has 4 rings (SSSR count). The van der Waals surface area contributed by atoms with Crippen molar-refractivity contribution in [1.29, 1.82) is 0 Å². The lowest BCUT2D eigenvalue weighted by atomic mass is 9.83. The first kappa shape index (κ1) is 20.5. The lowest BCUT2D eigenvalue weighted by Gasteiger charge is -2.21. The van der Waals surface area contributed by atoms with E-state index in [1.807, 2.05) is 61.3 Å². The Hall–Kier alpha value is -3.76. The Kier molecular flexibility index (Phi) is 4.96. The Labute approximate surface area is 181 Å². The molecule has 2 aromatic carbocycles. The number of aromatic amines is 1. The number of esters is 1. The number of nitrogens with one attached hydrogen (secondary N) is 1. The van der Waals surface area contributed by atoms with Crippen LogP contribution in [0, 0.1) is 6.92 Å². The SMILES string of the molecule is COC(=O)c1ccc2c(c1)C(C)(C)C(=C=Cc1c(C)[nH]n(-c3ccccc3)c1=O)N2C. The maximum absolute atomic E-state index is 13.0. The van der Waals surface area contributed by atoms with Gasteiger partial charge in [0, 0.05) is 23.8 Å². The van der Waals surface area contributed by atoms with Crippen LogP contribution < -0.4 is 10.5 Å². The number of aryl methyl sites for hydroxylation is 1. The van der Waals surface area contributed by atoms with Crippen LogP contribution in [0.5, 0.6) is 0 Å². The van der Waals surface area contributed by atoms with Crippen molar-refractivity contribution in [2.45, 2.75) is 26.2 Å². The molecule has 31 heavy (non-hydrogen) atoms. The molecule has 0 fully saturated rings. The third kappa shape index (κ3) is 3.31. The number of aromatic nitrogens is 2. The van der Waals surface area contributed by atoms with E-state index in [-0.39, 0.29) is 11.5 Å². The Bertz CT molecular complexity index is 1290. The number of ether oxygens (including phenoxy) is 1. The van der Waals surface area contributed by atoms with Crippen molar-refractivity contribution in [2.24, 2.45) is 0 Å². The van der Waals surface area contributed by atoms with Crippen molar-refractivity contribution < 1.29 is 9.53 Å². The van der Waals surface area contributed by atoms with Crippen molar-refractivity contribution in [3.05, 3.63) is 92.7 Å². The second-order valence-corrected chi connectivity index (χ2v) is 8.17. The summed E-state index contributed by atoms with van der Waals surface area (Å²) in [6, 6.07) is 15.0. The molecular formula is C25H25N3O3. The fourth-order valence-electron chi connectivity index (χ4n) is 4.15. The fraction of sp³-hybridized carbons (Fsp3) is 0.240. The van der Waals surface area contributed by atoms with Gasteiger partial charge in [-0.25, -0.2) is 9.48 Å². The topological polar surface area (TPSA) is 67.3 Å². The molecule has 1 N–H and O–H groups in total. The number of nitrogens with zero attached hydrogens (tertiary/aromatic N) is 2. The zero-order valence-corrected chi connectivity index (χ0v) is 18.3. The van der Waals surface area contributed by atoms with Crippen molar-refractivity contribution in [1.82, 2.24) is 9.78 Å². The average molecular weight is 415 g/mol. The standard InChI is InChI=1S/C25H25N3O3/c1-16-19(23(29)28(26-16)18-9-7-6-8-10-18)12-14-22-25(2,3)20-15-17(24(30)31-5)11-13-21(20)27(22)4/h6-13,15,26H,1-5H3. The third-order valence-corrected chi connectivity index (χ3v) is 5.86. The van der Waals surface area contributed by atoms with Gasteiger partial charge in [0.05, 0.1) is 29.6 Å². The van der Waals surface area contributed by atoms with Crippen LogP contribution in [0.4, 0.5) is 5.69 Å². The zero-order valence-electron chi connectivity index (χ0n) is 18.3. The van der Waals surface area contributed by atoms with Crippen molar-refractivity contribution in [3.63, 3.8) is 0 Å². The molecular weight excluding hydrogens is 390 g/mol. The number of carbonyl (C=O) groups excluding carboxylic acids is 1. The van der Waals surface area contributed by atoms with Gasteiger partial charge in [0.1, 0.15) is 0 Å². The van der Waals surface area contributed by atoms with Gasteiger partial charge in [0.2, 0.25) is 0 Å². The first-order chi connectivity index (χ1) is 14.8. The summed E-state index contributed by atoms with van der Waals surface area (Å²) in [5.74, 6) is -0.362. The minimum Gasteiger partial charge on any atom is -0.465 e. The van der Waals surface area contributed by atoms with Gasteiger partial charge in [0.15, 0.2) is 0 Å². The Balaban J connectivity index is 1.80. The number of fused-ring (bicyclic) bond motifs is 1.